The zero-order chi connectivity index (χ0) is 17.4. The molecule has 0 aliphatic rings. The van der Waals surface area contributed by atoms with E-state index in [4.69, 9.17) is 4.11 Å². The molecule has 0 saturated carbocycles. The first-order valence-corrected chi connectivity index (χ1v) is 7.20. The number of hydrogen-bond acceptors (Lipinski definition) is 0. The number of rotatable bonds is 3. The molecule has 0 bridgehead atoms. The zero-order valence-electron chi connectivity index (χ0n) is 16.1. The molecule has 20 heavy (non-hydrogen) atoms. The molecule has 0 N–H and O–H groups in total. The summed E-state index contributed by atoms with van der Waals surface area (Å²) in [4.78, 5) is 0. The van der Waals surface area contributed by atoms with Crippen LogP contribution >= 0.6 is 0 Å². The number of aromatic nitrogens is 1. The molecule has 106 valence electrons. The lowest BCUT2D eigenvalue weighted by atomic mass is 9.97. The van der Waals surface area contributed by atoms with Crippen molar-refractivity contribution >= 4 is 0 Å². The third-order valence-electron chi connectivity index (χ3n) is 3.72. The first kappa shape index (κ1) is 11.1. The molecule has 2 aromatic rings. The van der Waals surface area contributed by atoms with Crippen LogP contribution in [0.2, 0.25) is 0 Å². The van der Waals surface area contributed by atoms with E-state index in [-0.39, 0.29) is 0 Å². The van der Waals surface area contributed by atoms with Crippen molar-refractivity contribution in [1.29, 1.82) is 0 Å². The third-order valence-corrected chi connectivity index (χ3v) is 3.72. The highest BCUT2D eigenvalue weighted by atomic mass is 14.9. The first-order chi connectivity index (χ1) is 10.6. The van der Waals surface area contributed by atoms with Gasteiger partial charge in [-0.3, -0.25) is 0 Å². The van der Waals surface area contributed by atoms with Crippen molar-refractivity contribution in [2.24, 2.45) is 13.0 Å². The minimum Gasteiger partial charge on any atom is -0.201 e. The summed E-state index contributed by atoms with van der Waals surface area (Å²) in [6, 6.07) is 7.62. The van der Waals surface area contributed by atoms with E-state index in [1.165, 1.54) is 11.1 Å². The van der Waals surface area contributed by atoms with Crippen LogP contribution in [0.3, 0.4) is 0 Å². The van der Waals surface area contributed by atoms with Gasteiger partial charge in [0.1, 0.15) is 7.05 Å². The van der Waals surface area contributed by atoms with Gasteiger partial charge < -0.3 is 0 Å². The summed E-state index contributed by atoms with van der Waals surface area (Å²) in [6.45, 7) is 6.52. The molecule has 0 radical (unpaired) electrons. The van der Waals surface area contributed by atoms with Gasteiger partial charge in [-0.1, -0.05) is 31.5 Å². The van der Waals surface area contributed by atoms with E-state index in [1.54, 1.807) is 12.1 Å². The highest BCUT2D eigenvalue weighted by Crippen LogP contribution is 2.23. The summed E-state index contributed by atoms with van der Waals surface area (Å²) in [7, 11) is 2.05. The topological polar surface area (TPSA) is 3.88 Å². The molecule has 0 spiro atoms. The van der Waals surface area contributed by atoms with Gasteiger partial charge in [-0.25, -0.2) is 4.57 Å². The first-order valence-electron chi connectivity index (χ1n) is 8.70. The maximum Gasteiger partial charge on any atom is 0.212 e. The smallest absolute Gasteiger partial charge is 0.201 e. The molecule has 0 amide bonds. The molecule has 1 nitrogen and oxygen atoms in total. The SMILES string of the molecule is [2H]C([2H])([2H])c1ccc(-c2cc(C)c(CC(C)C)c[n+]2C)c(C)c1. The van der Waals surface area contributed by atoms with Gasteiger partial charge in [0.25, 0.3) is 0 Å². The average molecular weight is 271 g/mol. The number of benzene rings is 1. The lowest BCUT2D eigenvalue weighted by Crippen LogP contribution is -2.32. The molecule has 0 fully saturated rings. The number of hydrogen-bond donors (Lipinski definition) is 0. The van der Waals surface area contributed by atoms with Crippen molar-refractivity contribution in [3.63, 3.8) is 0 Å². The molecule has 1 heterocycles. The minimum atomic E-state index is -2.05. The van der Waals surface area contributed by atoms with Gasteiger partial charge >= 0.3 is 0 Å². The van der Waals surface area contributed by atoms with Gasteiger partial charge in [-0.05, 0) is 50.2 Å². The second-order valence-electron chi connectivity index (χ2n) is 6.11. The van der Waals surface area contributed by atoms with E-state index in [0.717, 1.165) is 23.2 Å². The van der Waals surface area contributed by atoms with Crippen molar-refractivity contribution in [2.75, 3.05) is 0 Å². The third kappa shape index (κ3) is 3.09. The Morgan fingerprint density at radius 1 is 1.15 bits per heavy atom. The predicted molar refractivity (Wildman–Crippen MR) is 85.8 cm³/mol. The second kappa shape index (κ2) is 5.78. The molecule has 0 saturated heterocycles. The van der Waals surface area contributed by atoms with Crippen LogP contribution in [0, 0.1) is 26.6 Å². The van der Waals surface area contributed by atoms with Crippen LogP contribution in [-0.2, 0) is 13.5 Å². The highest BCUT2D eigenvalue weighted by Gasteiger charge is 2.16. The Balaban J connectivity index is 2.49. The van der Waals surface area contributed by atoms with Crippen molar-refractivity contribution in [2.45, 2.75) is 41.0 Å². The number of nitrogens with zero attached hydrogens (tertiary/aromatic N) is 1. The number of aryl methyl sites for hydroxylation is 4. The Morgan fingerprint density at radius 3 is 2.50 bits per heavy atom. The molecule has 1 aromatic carbocycles. The van der Waals surface area contributed by atoms with Crippen LogP contribution < -0.4 is 4.57 Å². The van der Waals surface area contributed by atoms with E-state index in [2.05, 4.69) is 44.6 Å². The molecule has 0 atom stereocenters. The van der Waals surface area contributed by atoms with Gasteiger partial charge in [-0.15, -0.1) is 0 Å². The Kier molecular flexibility index (Phi) is 3.20. The second-order valence-corrected chi connectivity index (χ2v) is 6.11. The van der Waals surface area contributed by atoms with Crippen molar-refractivity contribution < 1.29 is 8.68 Å². The zero-order valence-corrected chi connectivity index (χ0v) is 13.1. The standard InChI is InChI=1S/C19H26N/c1-13(2)9-17-12-20(6)19(11-15(17)4)18-8-7-14(3)10-16(18)5/h7-8,10-13H,9H2,1-6H3/q+1/i3D3. The van der Waals surface area contributed by atoms with Crippen LogP contribution in [0.5, 0.6) is 0 Å². The van der Waals surface area contributed by atoms with E-state index < -0.39 is 6.85 Å². The van der Waals surface area contributed by atoms with Gasteiger partial charge in [-0.2, -0.15) is 0 Å². The Hall–Kier alpha value is -1.63. The monoisotopic (exact) mass is 271 g/mol. The molecule has 1 aromatic heterocycles. The largest absolute Gasteiger partial charge is 0.212 e. The van der Waals surface area contributed by atoms with Crippen LogP contribution in [0.1, 0.15) is 40.2 Å². The van der Waals surface area contributed by atoms with Crippen LogP contribution in [0.25, 0.3) is 11.3 Å². The van der Waals surface area contributed by atoms with Crippen LogP contribution in [0.15, 0.2) is 30.5 Å². The normalized spacial score (nSPS) is 14.0. The van der Waals surface area contributed by atoms with Crippen molar-refractivity contribution in [3.05, 3.63) is 52.7 Å². The predicted octanol–water partition coefficient (Wildman–Crippen LogP) is 4.30. The summed E-state index contributed by atoms with van der Waals surface area (Å²) in [6.07, 6.45) is 3.26. The lowest BCUT2D eigenvalue weighted by molar-refractivity contribution is -0.660. The Morgan fingerprint density at radius 2 is 1.90 bits per heavy atom. The van der Waals surface area contributed by atoms with Crippen LogP contribution in [0.4, 0.5) is 0 Å². The minimum absolute atomic E-state index is 0.398. The summed E-state index contributed by atoms with van der Waals surface area (Å²) < 4.78 is 24.8. The fourth-order valence-corrected chi connectivity index (χ4v) is 2.68. The molecule has 0 aliphatic carbocycles. The molecule has 0 unspecified atom stereocenters. The summed E-state index contributed by atoms with van der Waals surface area (Å²) in [5.41, 5.74) is 6.23. The van der Waals surface area contributed by atoms with E-state index in [9.17, 15) is 0 Å². The van der Waals surface area contributed by atoms with Gasteiger partial charge in [0.15, 0.2) is 6.20 Å². The summed E-state index contributed by atoms with van der Waals surface area (Å²) in [5.74, 6) is 0.625. The van der Waals surface area contributed by atoms with Crippen molar-refractivity contribution in [3.8, 4) is 11.3 Å². The molecular weight excluding hydrogens is 242 g/mol. The summed E-state index contributed by atoms with van der Waals surface area (Å²) >= 11 is 0. The molecule has 0 aliphatic heterocycles. The molecule has 2 rings (SSSR count). The molecule has 1 heteroatoms. The van der Waals surface area contributed by atoms with Gasteiger partial charge in [0.2, 0.25) is 5.69 Å². The Labute approximate surface area is 127 Å². The fraction of sp³-hybridized carbons (Fsp3) is 0.421. The quantitative estimate of drug-likeness (QED) is 0.733. The van der Waals surface area contributed by atoms with E-state index in [1.807, 2.05) is 13.0 Å². The van der Waals surface area contributed by atoms with E-state index in [0.29, 0.717) is 11.5 Å². The maximum absolute atomic E-state index is 7.54. The van der Waals surface area contributed by atoms with Gasteiger partial charge in [0, 0.05) is 21.3 Å². The maximum atomic E-state index is 7.54. The lowest BCUT2D eigenvalue weighted by Gasteiger charge is -2.11. The van der Waals surface area contributed by atoms with E-state index >= 15 is 0 Å². The molecular formula is C19H26N+. The van der Waals surface area contributed by atoms with Crippen LogP contribution in [-0.4, -0.2) is 0 Å². The fourth-order valence-electron chi connectivity index (χ4n) is 2.68. The summed E-state index contributed by atoms with van der Waals surface area (Å²) in [5, 5.41) is 0. The van der Waals surface area contributed by atoms with Crippen molar-refractivity contribution in [1.82, 2.24) is 0 Å². The Bertz CT molecular complexity index is 715. The average Bonchev–Trinajstić information content (AvgIpc) is 2.41. The number of pyridine rings is 1. The highest BCUT2D eigenvalue weighted by molar-refractivity contribution is 5.62. The van der Waals surface area contributed by atoms with Gasteiger partial charge in [0.05, 0.1) is 0 Å².